The summed E-state index contributed by atoms with van der Waals surface area (Å²) >= 11 is 14.0. The van der Waals surface area contributed by atoms with Crippen LogP contribution >= 0.6 is 35.0 Å². The molecule has 0 N–H and O–H groups in total. The fraction of sp³-hybridized carbons (Fsp3) is 0.235. The van der Waals surface area contributed by atoms with Gasteiger partial charge in [-0.2, -0.15) is 0 Å². The summed E-state index contributed by atoms with van der Waals surface area (Å²) in [6.07, 6.45) is 0.371. The maximum absolute atomic E-state index is 11.3. The Bertz CT molecular complexity index is 632. The van der Waals surface area contributed by atoms with Gasteiger partial charge in [0.1, 0.15) is 0 Å². The number of halogens is 2. The van der Waals surface area contributed by atoms with Crippen LogP contribution in [0.2, 0.25) is 10.0 Å². The van der Waals surface area contributed by atoms with Crippen molar-refractivity contribution < 1.29 is 9.53 Å². The summed E-state index contributed by atoms with van der Waals surface area (Å²) in [4.78, 5) is 11.3. The second kappa shape index (κ2) is 8.47. The van der Waals surface area contributed by atoms with Crippen molar-refractivity contribution in [2.24, 2.45) is 0 Å². The highest BCUT2D eigenvalue weighted by Crippen LogP contribution is 2.40. The molecule has 0 aliphatic carbocycles. The van der Waals surface area contributed by atoms with Crippen LogP contribution in [0.1, 0.15) is 22.8 Å². The molecule has 0 fully saturated rings. The Morgan fingerprint density at radius 1 is 1.18 bits per heavy atom. The first kappa shape index (κ1) is 17.2. The number of carbonyl (C=O) groups excluding carboxylic acids is 1. The topological polar surface area (TPSA) is 26.3 Å². The van der Waals surface area contributed by atoms with E-state index in [1.54, 1.807) is 17.8 Å². The van der Waals surface area contributed by atoms with Gasteiger partial charge in [0, 0.05) is 15.8 Å². The van der Waals surface area contributed by atoms with E-state index in [-0.39, 0.29) is 11.2 Å². The summed E-state index contributed by atoms with van der Waals surface area (Å²) in [5, 5.41) is 1.29. The maximum Gasteiger partial charge on any atom is 0.306 e. The first-order chi connectivity index (χ1) is 10.6. The largest absolute Gasteiger partial charge is 0.469 e. The molecule has 0 saturated heterocycles. The van der Waals surface area contributed by atoms with Crippen LogP contribution in [-0.2, 0) is 9.53 Å². The van der Waals surface area contributed by atoms with Gasteiger partial charge >= 0.3 is 5.97 Å². The van der Waals surface area contributed by atoms with E-state index in [2.05, 4.69) is 16.9 Å². The molecule has 5 heteroatoms. The third-order valence-electron chi connectivity index (χ3n) is 3.17. The quantitative estimate of drug-likeness (QED) is 0.651. The monoisotopic (exact) mass is 354 g/mol. The highest BCUT2D eigenvalue weighted by atomic mass is 35.5. The van der Waals surface area contributed by atoms with E-state index in [1.165, 1.54) is 7.11 Å². The molecule has 116 valence electrons. The van der Waals surface area contributed by atoms with Crippen molar-refractivity contribution in [3.05, 3.63) is 69.7 Å². The number of hydrogen-bond acceptors (Lipinski definition) is 3. The van der Waals surface area contributed by atoms with Gasteiger partial charge in [0.25, 0.3) is 0 Å². The van der Waals surface area contributed by atoms with Gasteiger partial charge in [0.15, 0.2) is 0 Å². The molecule has 2 rings (SSSR count). The molecule has 0 aliphatic heterocycles. The van der Waals surface area contributed by atoms with Crippen LogP contribution in [-0.4, -0.2) is 18.8 Å². The number of benzene rings is 2. The summed E-state index contributed by atoms with van der Waals surface area (Å²) in [6.45, 7) is 0. The van der Waals surface area contributed by atoms with E-state index in [9.17, 15) is 4.79 Å². The van der Waals surface area contributed by atoms with Crippen molar-refractivity contribution in [1.82, 2.24) is 0 Å². The van der Waals surface area contributed by atoms with Crippen molar-refractivity contribution in [3.8, 4) is 0 Å². The van der Waals surface area contributed by atoms with Crippen LogP contribution in [0.5, 0.6) is 0 Å². The molecular weight excluding hydrogens is 339 g/mol. The molecule has 0 amide bonds. The lowest BCUT2D eigenvalue weighted by molar-refractivity contribution is -0.140. The molecule has 2 aromatic rings. The minimum atomic E-state index is -0.207. The summed E-state index contributed by atoms with van der Waals surface area (Å²) in [5.74, 6) is 0.451. The Morgan fingerprint density at radius 3 is 2.55 bits per heavy atom. The van der Waals surface area contributed by atoms with Gasteiger partial charge in [-0.15, -0.1) is 11.8 Å². The van der Waals surface area contributed by atoms with Crippen molar-refractivity contribution in [3.63, 3.8) is 0 Å². The van der Waals surface area contributed by atoms with Gasteiger partial charge in [-0.1, -0.05) is 59.6 Å². The first-order valence-corrected chi connectivity index (χ1v) is 8.60. The van der Waals surface area contributed by atoms with Crippen molar-refractivity contribution in [2.75, 3.05) is 12.9 Å². The van der Waals surface area contributed by atoms with E-state index >= 15 is 0 Å². The molecule has 0 saturated carbocycles. The molecule has 22 heavy (non-hydrogen) atoms. The van der Waals surface area contributed by atoms with Gasteiger partial charge in [-0.3, -0.25) is 4.79 Å². The summed E-state index contributed by atoms with van der Waals surface area (Å²) in [7, 11) is 1.40. The van der Waals surface area contributed by atoms with Gasteiger partial charge in [-0.05, 0) is 23.3 Å². The average Bonchev–Trinajstić information content (AvgIpc) is 2.53. The molecule has 2 nitrogen and oxygen atoms in total. The standard InChI is InChI=1S/C17H16Cl2O2S/c1-21-16(20)9-10-22-17(12-5-3-2-4-6-12)14-8-7-13(18)11-15(14)19/h2-8,11,17H,9-10H2,1H3/t17-/m0/s1. The van der Waals surface area contributed by atoms with E-state index < -0.39 is 0 Å². The number of thioether (sulfide) groups is 1. The Morgan fingerprint density at radius 2 is 1.91 bits per heavy atom. The van der Waals surface area contributed by atoms with Crippen LogP contribution in [0.25, 0.3) is 0 Å². The minimum absolute atomic E-state index is 0.0515. The zero-order chi connectivity index (χ0) is 15.9. The van der Waals surface area contributed by atoms with Crippen LogP contribution in [0.3, 0.4) is 0 Å². The van der Waals surface area contributed by atoms with Crippen molar-refractivity contribution in [2.45, 2.75) is 11.7 Å². The number of ether oxygens (including phenoxy) is 1. The molecule has 0 aliphatic rings. The third kappa shape index (κ3) is 4.67. The Balaban J connectivity index is 2.23. The highest BCUT2D eigenvalue weighted by molar-refractivity contribution is 7.99. The molecule has 0 radical (unpaired) electrons. The molecule has 1 atom stereocenters. The zero-order valence-corrected chi connectivity index (χ0v) is 14.4. The number of carbonyl (C=O) groups is 1. The van der Waals surface area contributed by atoms with Gasteiger partial charge in [0.05, 0.1) is 18.8 Å². The van der Waals surface area contributed by atoms with Crippen LogP contribution in [0, 0.1) is 0 Å². The lowest BCUT2D eigenvalue weighted by atomic mass is 10.0. The predicted octanol–water partition coefficient (Wildman–Crippen LogP) is 5.38. The molecule has 0 heterocycles. The number of hydrogen-bond donors (Lipinski definition) is 0. The molecule has 0 spiro atoms. The van der Waals surface area contributed by atoms with E-state index in [1.807, 2.05) is 30.3 Å². The average molecular weight is 355 g/mol. The maximum atomic E-state index is 11.3. The number of esters is 1. The van der Waals surface area contributed by atoms with E-state index in [4.69, 9.17) is 23.2 Å². The zero-order valence-electron chi connectivity index (χ0n) is 12.1. The predicted molar refractivity (Wildman–Crippen MR) is 93.8 cm³/mol. The molecule has 0 unspecified atom stereocenters. The third-order valence-corrected chi connectivity index (χ3v) is 5.03. The molecule has 0 bridgehead atoms. The molecule has 0 aromatic heterocycles. The summed E-state index contributed by atoms with van der Waals surface area (Å²) in [5.41, 5.74) is 2.13. The normalized spacial score (nSPS) is 12.0. The Kier molecular flexibility index (Phi) is 6.62. The second-order valence-electron chi connectivity index (χ2n) is 4.65. The van der Waals surface area contributed by atoms with Crippen molar-refractivity contribution in [1.29, 1.82) is 0 Å². The van der Waals surface area contributed by atoms with Crippen LogP contribution in [0.4, 0.5) is 0 Å². The summed E-state index contributed by atoms with van der Waals surface area (Å²) in [6, 6.07) is 15.6. The van der Waals surface area contributed by atoms with E-state index in [0.29, 0.717) is 22.2 Å². The molecular formula is C17H16Cl2O2S. The van der Waals surface area contributed by atoms with Gasteiger partial charge in [0.2, 0.25) is 0 Å². The number of rotatable bonds is 6. The number of methoxy groups -OCH3 is 1. The summed E-state index contributed by atoms with van der Waals surface area (Å²) < 4.78 is 4.69. The second-order valence-corrected chi connectivity index (χ2v) is 6.71. The van der Waals surface area contributed by atoms with Gasteiger partial charge < -0.3 is 4.74 Å². The van der Waals surface area contributed by atoms with E-state index in [0.717, 1.165) is 11.1 Å². The lowest BCUT2D eigenvalue weighted by Gasteiger charge is -2.19. The SMILES string of the molecule is COC(=O)CCS[C@@H](c1ccccc1)c1ccc(Cl)cc1Cl. The van der Waals surface area contributed by atoms with Gasteiger partial charge in [-0.25, -0.2) is 0 Å². The fourth-order valence-electron chi connectivity index (χ4n) is 2.07. The Hall–Kier alpha value is -1.16. The minimum Gasteiger partial charge on any atom is -0.469 e. The highest BCUT2D eigenvalue weighted by Gasteiger charge is 2.18. The fourth-order valence-corrected chi connectivity index (χ4v) is 3.91. The smallest absolute Gasteiger partial charge is 0.306 e. The Labute approximate surface area is 144 Å². The van der Waals surface area contributed by atoms with Crippen LogP contribution < -0.4 is 0 Å². The van der Waals surface area contributed by atoms with Crippen molar-refractivity contribution >= 4 is 40.9 Å². The molecule has 2 aromatic carbocycles. The van der Waals surface area contributed by atoms with Crippen LogP contribution in [0.15, 0.2) is 48.5 Å². The lowest BCUT2D eigenvalue weighted by Crippen LogP contribution is -2.04. The first-order valence-electron chi connectivity index (χ1n) is 6.80.